The quantitative estimate of drug-likeness (QED) is 0.668. The molecular weight excluding hydrogens is 256 g/mol. The fourth-order valence-electron chi connectivity index (χ4n) is 1.95. The van der Waals surface area contributed by atoms with Crippen molar-refractivity contribution in [2.24, 2.45) is 0 Å². The van der Waals surface area contributed by atoms with Gasteiger partial charge in [0.05, 0.1) is 0 Å². The molecule has 0 aliphatic heterocycles. The van der Waals surface area contributed by atoms with Crippen LogP contribution in [-0.2, 0) is 11.2 Å². The lowest BCUT2D eigenvalue weighted by molar-refractivity contribution is -0.110. The molecule has 0 aliphatic rings. The van der Waals surface area contributed by atoms with E-state index in [2.05, 4.69) is 12.6 Å². The molecule has 0 radical (unpaired) electrons. The van der Waals surface area contributed by atoms with Crippen LogP contribution in [0.1, 0.15) is 27.9 Å². The van der Waals surface area contributed by atoms with E-state index in [0.29, 0.717) is 24.0 Å². The van der Waals surface area contributed by atoms with E-state index in [1.165, 1.54) is 0 Å². The molecule has 0 saturated carbocycles. The highest BCUT2D eigenvalue weighted by atomic mass is 32.1. The molecular formula is C16H14O2S. The van der Waals surface area contributed by atoms with E-state index in [-0.39, 0.29) is 10.9 Å². The third kappa shape index (κ3) is 3.55. The number of benzene rings is 2. The van der Waals surface area contributed by atoms with Gasteiger partial charge < -0.3 is 0 Å². The van der Waals surface area contributed by atoms with Crippen molar-refractivity contribution in [2.45, 2.75) is 12.8 Å². The van der Waals surface area contributed by atoms with Gasteiger partial charge in [-0.3, -0.25) is 9.59 Å². The van der Waals surface area contributed by atoms with Crippen molar-refractivity contribution in [1.29, 1.82) is 0 Å². The summed E-state index contributed by atoms with van der Waals surface area (Å²) in [5.41, 5.74) is 2.20. The molecule has 0 fully saturated rings. The molecule has 0 heterocycles. The number of rotatable bonds is 5. The van der Waals surface area contributed by atoms with Crippen molar-refractivity contribution >= 4 is 23.5 Å². The number of thiol groups is 1. The smallest absolute Gasteiger partial charge is 0.193 e. The normalized spacial score (nSPS) is 10.2. The SMILES string of the molecule is O=C(S)CCc1ccccc1C(=O)c1ccccc1. The summed E-state index contributed by atoms with van der Waals surface area (Å²) in [5.74, 6) is -0.0113. The molecule has 0 aromatic heterocycles. The number of carbonyl (C=O) groups excluding carboxylic acids is 2. The zero-order valence-electron chi connectivity index (χ0n) is 10.4. The summed E-state index contributed by atoms with van der Waals surface area (Å²) in [6.45, 7) is 0. The van der Waals surface area contributed by atoms with Crippen molar-refractivity contribution in [2.75, 3.05) is 0 Å². The maximum absolute atomic E-state index is 12.4. The molecule has 0 atom stereocenters. The number of hydrogen-bond acceptors (Lipinski definition) is 2. The molecule has 19 heavy (non-hydrogen) atoms. The van der Waals surface area contributed by atoms with Gasteiger partial charge in [-0.25, -0.2) is 0 Å². The van der Waals surface area contributed by atoms with Crippen LogP contribution in [-0.4, -0.2) is 10.9 Å². The summed E-state index contributed by atoms with van der Waals surface area (Å²) in [4.78, 5) is 23.4. The van der Waals surface area contributed by atoms with Crippen LogP contribution in [0.15, 0.2) is 54.6 Å². The topological polar surface area (TPSA) is 34.1 Å². The molecule has 0 aliphatic carbocycles. The lowest BCUT2D eigenvalue weighted by Gasteiger charge is -2.07. The second-order valence-corrected chi connectivity index (χ2v) is 4.74. The van der Waals surface area contributed by atoms with Gasteiger partial charge in [-0.1, -0.05) is 54.6 Å². The maximum atomic E-state index is 12.4. The Morgan fingerprint density at radius 2 is 1.53 bits per heavy atom. The average Bonchev–Trinajstić information content (AvgIpc) is 2.45. The number of ketones is 1. The van der Waals surface area contributed by atoms with Gasteiger partial charge in [-0.15, -0.1) is 12.6 Å². The maximum Gasteiger partial charge on any atom is 0.193 e. The predicted octanol–water partition coefficient (Wildman–Crippen LogP) is 3.31. The molecule has 0 N–H and O–H groups in total. The summed E-state index contributed by atoms with van der Waals surface area (Å²) in [6.07, 6.45) is 0.874. The van der Waals surface area contributed by atoms with Crippen molar-refractivity contribution in [3.8, 4) is 0 Å². The molecule has 2 aromatic carbocycles. The van der Waals surface area contributed by atoms with Crippen LogP contribution < -0.4 is 0 Å². The highest BCUT2D eigenvalue weighted by Gasteiger charge is 2.13. The first kappa shape index (κ1) is 13.6. The Labute approximate surface area is 117 Å². The van der Waals surface area contributed by atoms with Crippen molar-refractivity contribution in [3.05, 3.63) is 71.3 Å². The minimum Gasteiger partial charge on any atom is -0.289 e. The molecule has 0 amide bonds. The predicted molar refractivity (Wildman–Crippen MR) is 78.6 cm³/mol. The highest BCUT2D eigenvalue weighted by Crippen LogP contribution is 2.16. The van der Waals surface area contributed by atoms with Crippen LogP contribution in [0.4, 0.5) is 0 Å². The van der Waals surface area contributed by atoms with Crippen molar-refractivity contribution in [1.82, 2.24) is 0 Å². The lowest BCUT2D eigenvalue weighted by atomic mass is 9.96. The first-order valence-corrected chi connectivity index (χ1v) is 6.52. The molecule has 0 unspecified atom stereocenters. The minimum absolute atomic E-state index is 0.0113. The van der Waals surface area contributed by atoms with Gasteiger partial charge in [0, 0.05) is 17.5 Å². The zero-order valence-corrected chi connectivity index (χ0v) is 11.3. The summed E-state index contributed by atoms with van der Waals surface area (Å²) < 4.78 is 0. The Bertz CT molecular complexity index is 591. The molecule has 0 spiro atoms. The molecule has 0 saturated heterocycles. The van der Waals surface area contributed by atoms with Crippen molar-refractivity contribution in [3.63, 3.8) is 0 Å². The molecule has 96 valence electrons. The Hall–Kier alpha value is -1.87. The van der Waals surface area contributed by atoms with Crippen molar-refractivity contribution < 1.29 is 9.59 Å². The number of carbonyl (C=O) groups is 2. The summed E-state index contributed by atoms with van der Waals surface area (Å²) in [7, 11) is 0. The first-order chi connectivity index (χ1) is 9.18. The molecule has 0 bridgehead atoms. The highest BCUT2D eigenvalue weighted by molar-refractivity contribution is 7.96. The van der Waals surface area contributed by atoms with E-state index >= 15 is 0 Å². The number of hydrogen-bond donors (Lipinski definition) is 1. The third-order valence-corrected chi connectivity index (χ3v) is 3.13. The van der Waals surface area contributed by atoms with E-state index in [4.69, 9.17) is 0 Å². The van der Waals surface area contributed by atoms with Gasteiger partial charge in [0.2, 0.25) is 0 Å². The van der Waals surface area contributed by atoms with Gasteiger partial charge in [0.1, 0.15) is 0 Å². The average molecular weight is 270 g/mol. The largest absolute Gasteiger partial charge is 0.289 e. The fourth-order valence-corrected chi connectivity index (χ4v) is 2.06. The molecule has 2 aromatic rings. The Morgan fingerprint density at radius 3 is 2.21 bits per heavy atom. The van der Waals surface area contributed by atoms with E-state index in [1.807, 2.05) is 36.4 Å². The molecule has 2 rings (SSSR count). The first-order valence-electron chi connectivity index (χ1n) is 6.08. The van der Waals surface area contributed by atoms with Crippen LogP contribution in [0.25, 0.3) is 0 Å². The van der Waals surface area contributed by atoms with Gasteiger partial charge in [-0.05, 0) is 12.0 Å². The van der Waals surface area contributed by atoms with Gasteiger partial charge >= 0.3 is 0 Å². The molecule has 3 heteroatoms. The standard InChI is InChI=1S/C16H14O2S/c17-15(19)11-10-12-6-4-5-9-14(12)16(18)13-7-2-1-3-8-13/h1-9H,10-11H2,(H,17,19). The van der Waals surface area contributed by atoms with Gasteiger partial charge in [0.15, 0.2) is 10.9 Å². The van der Waals surface area contributed by atoms with Crippen LogP contribution in [0.3, 0.4) is 0 Å². The summed E-state index contributed by atoms with van der Waals surface area (Å²) in [6, 6.07) is 16.5. The minimum atomic E-state index is -0.165. The second-order valence-electron chi connectivity index (χ2n) is 4.25. The van der Waals surface area contributed by atoms with Gasteiger partial charge in [0.25, 0.3) is 0 Å². The fraction of sp³-hybridized carbons (Fsp3) is 0.125. The van der Waals surface area contributed by atoms with Gasteiger partial charge in [-0.2, -0.15) is 0 Å². The van der Waals surface area contributed by atoms with E-state index < -0.39 is 0 Å². The third-order valence-electron chi connectivity index (χ3n) is 2.91. The molecule has 2 nitrogen and oxygen atoms in total. The summed E-state index contributed by atoms with van der Waals surface area (Å²) in [5, 5.41) is -0.165. The monoisotopic (exact) mass is 270 g/mol. The van der Waals surface area contributed by atoms with E-state index in [9.17, 15) is 9.59 Å². The van der Waals surface area contributed by atoms with E-state index in [0.717, 1.165) is 5.56 Å². The lowest BCUT2D eigenvalue weighted by Crippen LogP contribution is -2.06. The van der Waals surface area contributed by atoms with Crippen LogP contribution in [0.2, 0.25) is 0 Å². The van der Waals surface area contributed by atoms with Crippen LogP contribution in [0, 0.1) is 0 Å². The number of aryl methyl sites for hydroxylation is 1. The Kier molecular flexibility index (Phi) is 4.53. The Balaban J connectivity index is 2.29. The Morgan fingerprint density at radius 1 is 0.895 bits per heavy atom. The van der Waals surface area contributed by atoms with Crippen LogP contribution in [0.5, 0.6) is 0 Å². The zero-order chi connectivity index (χ0) is 13.7. The summed E-state index contributed by atoms with van der Waals surface area (Å²) >= 11 is 3.76. The van der Waals surface area contributed by atoms with Crippen LogP contribution >= 0.6 is 12.6 Å². The van der Waals surface area contributed by atoms with E-state index in [1.54, 1.807) is 18.2 Å². The second kappa shape index (κ2) is 6.34.